The van der Waals surface area contributed by atoms with Crippen LogP contribution in [0.4, 0.5) is 11.6 Å². The summed E-state index contributed by atoms with van der Waals surface area (Å²) < 4.78 is 0. The zero-order valence-corrected chi connectivity index (χ0v) is 16.7. The van der Waals surface area contributed by atoms with Crippen molar-refractivity contribution in [1.82, 2.24) is 19.8 Å². The molecule has 7 nitrogen and oxygen atoms in total. The van der Waals surface area contributed by atoms with Gasteiger partial charge in [-0.05, 0) is 37.0 Å². The Balaban J connectivity index is 1.85. The van der Waals surface area contributed by atoms with Gasteiger partial charge in [0.15, 0.2) is 0 Å². The number of nitrogens with zero attached hydrogens (tertiary/aromatic N) is 4. The molecule has 3 rings (SSSR count). The molecular weight excluding hydrogens is 354 g/mol. The first-order valence-electron chi connectivity index (χ1n) is 9.77. The topological polar surface area (TPSA) is 78.4 Å². The molecule has 1 aromatic heterocycles. The van der Waals surface area contributed by atoms with Crippen molar-refractivity contribution in [2.24, 2.45) is 0 Å². The second-order valence-electron chi connectivity index (χ2n) is 6.94. The molecule has 0 aliphatic carbocycles. The molecule has 1 aliphatic heterocycles. The minimum absolute atomic E-state index is 0.126. The van der Waals surface area contributed by atoms with Gasteiger partial charge in [-0.3, -0.25) is 9.59 Å². The van der Waals surface area contributed by atoms with E-state index in [1.807, 2.05) is 6.92 Å². The first-order chi connectivity index (χ1) is 13.5. The summed E-state index contributed by atoms with van der Waals surface area (Å²) in [4.78, 5) is 36.2. The van der Waals surface area contributed by atoms with Gasteiger partial charge in [0.2, 0.25) is 12.4 Å². The Morgan fingerprint density at radius 2 is 1.75 bits per heavy atom. The molecule has 2 aromatic rings. The smallest absolute Gasteiger partial charge is 0.272 e. The Morgan fingerprint density at radius 1 is 1.11 bits per heavy atom. The summed E-state index contributed by atoms with van der Waals surface area (Å²) in [7, 11) is 0. The van der Waals surface area contributed by atoms with Gasteiger partial charge in [-0.25, -0.2) is 9.97 Å². The quantitative estimate of drug-likeness (QED) is 0.778. The summed E-state index contributed by atoms with van der Waals surface area (Å²) in [6.45, 7) is 8.22. The van der Waals surface area contributed by atoms with Crippen LogP contribution >= 0.6 is 0 Å². The van der Waals surface area contributed by atoms with Crippen molar-refractivity contribution in [2.45, 2.75) is 33.6 Å². The van der Waals surface area contributed by atoms with E-state index in [9.17, 15) is 9.59 Å². The predicted molar refractivity (Wildman–Crippen MR) is 109 cm³/mol. The zero-order chi connectivity index (χ0) is 20.1. The van der Waals surface area contributed by atoms with Crippen molar-refractivity contribution < 1.29 is 9.59 Å². The van der Waals surface area contributed by atoms with E-state index >= 15 is 0 Å². The number of rotatable bonds is 6. The molecule has 0 radical (unpaired) electrons. The average molecular weight is 381 g/mol. The first kappa shape index (κ1) is 19.8. The van der Waals surface area contributed by atoms with Crippen LogP contribution in [0.2, 0.25) is 0 Å². The SMILES string of the molecule is CCc1cccc(CC)c1Nc1nc(C)cc(C(=O)N2CCN(C=O)CC2)n1. The second-order valence-corrected chi connectivity index (χ2v) is 6.94. The second kappa shape index (κ2) is 8.82. The van der Waals surface area contributed by atoms with Gasteiger partial charge in [0.25, 0.3) is 5.91 Å². The van der Waals surface area contributed by atoms with E-state index in [1.54, 1.807) is 15.9 Å². The molecule has 1 aromatic carbocycles. The fourth-order valence-corrected chi connectivity index (χ4v) is 3.44. The fourth-order valence-electron chi connectivity index (χ4n) is 3.44. The normalized spacial score (nSPS) is 14.1. The highest BCUT2D eigenvalue weighted by Crippen LogP contribution is 2.25. The lowest BCUT2D eigenvalue weighted by atomic mass is 10.0. The van der Waals surface area contributed by atoms with Crippen LogP contribution in [-0.4, -0.2) is 58.3 Å². The van der Waals surface area contributed by atoms with E-state index in [4.69, 9.17) is 0 Å². The van der Waals surface area contributed by atoms with E-state index in [-0.39, 0.29) is 5.91 Å². The average Bonchev–Trinajstić information content (AvgIpc) is 2.73. The summed E-state index contributed by atoms with van der Waals surface area (Å²) >= 11 is 0. The summed E-state index contributed by atoms with van der Waals surface area (Å²) in [6, 6.07) is 7.96. The van der Waals surface area contributed by atoms with Crippen LogP contribution in [0.3, 0.4) is 0 Å². The number of para-hydroxylation sites is 1. The summed E-state index contributed by atoms with van der Waals surface area (Å²) in [5, 5.41) is 3.35. The Bertz CT molecular complexity index is 838. The molecule has 148 valence electrons. The molecule has 1 saturated heterocycles. The minimum Gasteiger partial charge on any atom is -0.342 e. The van der Waals surface area contributed by atoms with Gasteiger partial charge in [-0.1, -0.05) is 32.0 Å². The Morgan fingerprint density at radius 3 is 2.32 bits per heavy atom. The predicted octanol–water partition coefficient (Wildman–Crippen LogP) is 2.57. The maximum absolute atomic E-state index is 12.9. The van der Waals surface area contributed by atoms with Gasteiger partial charge in [0.05, 0.1) is 0 Å². The fraction of sp³-hybridized carbons (Fsp3) is 0.429. The maximum atomic E-state index is 12.9. The van der Waals surface area contributed by atoms with Gasteiger partial charge in [-0.2, -0.15) is 0 Å². The van der Waals surface area contributed by atoms with Crippen molar-refractivity contribution in [3.8, 4) is 0 Å². The van der Waals surface area contributed by atoms with Gasteiger partial charge in [-0.15, -0.1) is 0 Å². The van der Waals surface area contributed by atoms with Crippen LogP contribution in [0.5, 0.6) is 0 Å². The van der Waals surface area contributed by atoms with Crippen molar-refractivity contribution >= 4 is 24.0 Å². The molecule has 0 spiro atoms. The zero-order valence-electron chi connectivity index (χ0n) is 16.7. The first-order valence-corrected chi connectivity index (χ1v) is 9.77. The number of carbonyl (C=O) groups is 2. The maximum Gasteiger partial charge on any atom is 0.272 e. The third-order valence-corrected chi connectivity index (χ3v) is 5.06. The van der Waals surface area contributed by atoms with E-state index in [0.717, 1.165) is 30.6 Å². The number of anilines is 2. The summed E-state index contributed by atoms with van der Waals surface area (Å²) in [5.74, 6) is 0.309. The largest absolute Gasteiger partial charge is 0.342 e. The molecular formula is C21H27N5O2. The number of amides is 2. The van der Waals surface area contributed by atoms with E-state index in [1.165, 1.54) is 11.1 Å². The Kier molecular flexibility index (Phi) is 6.23. The Hall–Kier alpha value is -2.96. The lowest BCUT2D eigenvalue weighted by Crippen LogP contribution is -2.48. The van der Waals surface area contributed by atoms with Crippen LogP contribution in [0.15, 0.2) is 24.3 Å². The molecule has 2 amide bonds. The van der Waals surface area contributed by atoms with Crippen LogP contribution in [0.1, 0.15) is 41.2 Å². The number of aryl methyl sites for hydroxylation is 3. The molecule has 1 N–H and O–H groups in total. The van der Waals surface area contributed by atoms with Crippen LogP contribution in [0, 0.1) is 6.92 Å². The highest BCUT2D eigenvalue weighted by molar-refractivity contribution is 5.93. The van der Waals surface area contributed by atoms with Gasteiger partial charge in [0, 0.05) is 37.6 Å². The van der Waals surface area contributed by atoms with Gasteiger partial charge in [0.1, 0.15) is 5.69 Å². The standard InChI is InChI=1S/C21H27N5O2/c1-4-16-7-6-8-17(5-2)19(16)24-21-22-15(3)13-18(23-21)20(28)26-11-9-25(14-27)10-12-26/h6-8,13-14H,4-5,9-12H2,1-3H3,(H,22,23,24). The minimum atomic E-state index is -0.126. The number of hydrogen-bond acceptors (Lipinski definition) is 5. The molecule has 0 atom stereocenters. The van der Waals surface area contributed by atoms with Crippen molar-refractivity contribution in [3.05, 3.63) is 46.8 Å². The number of benzene rings is 1. The monoisotopic (exact) mass is 381 g/mol. The third kappa shape index (κ3) is 4.30. The molecule has 0 unspecified atom stereocenters. The Labute approximate surface area is 165 Å². The molecule has 0 saturated carbocycles. The number of nitrogens with one attached hydrogen (secondary N) is 1. The molecule has 1 fully saturated rings. The van der Waals surface area contributed by atoms with Crippen LogP contribution in [0.25, 0.3) is 0 Å². The van der Waals surface area contributed by atoms with Crippen LogP contribution < -0.4 is 5.32 Å². The number of aromatic nitrogens is 2. The van der Waals surface area contributed by atoms with Gasteiger partial charge >= 0.3 is 0 Å². The van der Waals surface area contributed by atoms with E-state index < -0.39 is 0 Å². The molecule has 0 bridgehead atoms. The highest BCUT2D eigenvalue weighted by Gasteiger charge is 2.23. The van der Waals surface area contributed by atoms with Crippen molar-refractivity contribution in [2.75, 3.05) is 31.5 Å². The number of carbonyl (C=O) groups excluding carboxylic acids is 2. The van der Waals surface area contributed by atoms with Crippen molar-refractivity contribution in [3.63, 3.8) is 0 Å². The molecule has 28 heavy (non-hydrogen) atoms. The number of piperazine rings is 1. The van der Waals surface area contributed by atoms with Crippen molar-refractivity contribution in [1.29, 1.82) is 0 Å². The number of hydrogen-bond donors (Lipinski definition) is 1. The van der Waals surface area contributed by atoms with E-state index in [0.29, 0.717) is 37.8 Å². The summed E-state index contributed by atoms with van der Waals surface area (Å²) in [6.07, 6.45) is 2.62. The summed E-state index contributed by atoms with van der Waals surface area (Å²) in [5.41, 5.74) is 4.53. The lowest BCUT2D eigenvalue weighted by molar-refractivity contribution is -0.119. The molecule has 1 aliphatic rings. The molecule has 2 heterocycles. The van der Waals surface area contributed by atoms with Gasteiger partial charge < -0.3 is 15.1 Å². The third-order valence-electron chi connectivity index (χ3n) is 5.06. The lowest BCUT2D eigenvalue weighted by Gasteiger charge is -2.32. The highest BCUT2D eigenvalue weighted by atomic mass is 16.2. The van der Waals surface area contributed by atoms with Crippen LogP contribution in [-0.2, 0) is 17.6 Å². The molecule has 7 heteroatoms. The van der Waals surface area contributed by atoms with E-state index in [2.05, 4.69) is 47.3 Å².